The Balaban J connectivity index is 1.90. The highest BCUT2D eigenvalue weighted by molar-refractivity contribution is 5.27. The summed E-state index contributed by atoms with van der Waals surface area (Å²) in [5.41, 5.74) is 1.08. The van der Waals surface area contributed by atoms with Crippen LogP contribution in [0.2, 0.25) is 0 Å². The number of rotatable bonds is 3. The van der Waals surface area contributed by atoms with Crippen molar-refractivity contribution in [2.24, 2.45) is 0 Å². The first-order valence-electron chi connectivity index (χ1n) is 6.57. The average molecular weight is 252 g/mol. The molecule has 2 rings (SSSR count). The number of piperazine rings is 1. The van der Waals surface area contributed by atoms with Crippen LogP contribution >= 0.6 is 0 Å². The standard InChI is InChI=1S/C13H24N4O/c1-13(2,3)14-9-11-10-18-12(15-11)17-7-5-16(4)6-8-17/h10,14H,5-9H2,1-4H3. The average Bonchev–Trinajstić information content (AvgIpc) is 2.75. The molecular weight excluding hydrogens is 228 g/mol. The Morgan fingerprint density at radius 2 is 1.94 bits per heavy atom. The summed E-state index contributed by atoms with van der Waals surface area (Å²) in [4.78, 5) is 9.07. The molecule has 1 fully saturated rings. The molecule has 1 aliphatic heterocycles. The number of oxazole rings is 1. The van der Waals surface area contributed by atoms with Gasteiger partial charge in [0.05, 0.1) is 5.69 Å². The quantitative estimate of drug-likeness (QED) is 0.879. The van der Waals surface area contributed by atoms with Crippen LogP contribution in [-0.4, -0.2) is 48.6 Å². The second-order valence-electron chi connectivity index (χ2n) is 6.02. The number of aromatic nitrogens is 1. The maximum atomic E-state index is 5.56. The van der Waals surface area contributed by atoms with Gasteiger partial charge in [-0.1, -0.05) is 0 Å². The number of nitrogens with zero attached hydrogens (tertiary/aromatic N) is 3. The van der Waals surface area contributed by atoms with Gasteiger partial charge in [0.15, 0.2) is 0 Å². The Morgan fingerprint density at radius 3 is 2.56 bits per heavy atom. The molecule has 5 nitrogen and oxygen atoms in total. The Labute approximate surface area is 109 Å². The number of anilines is 1. The molecule has 0 spiro atoms. The zero-order valence-corrected chi connectivity index (χ0v) is 11.9. The highest BCUT2D eigenvalue weighted by atomic mass is 16.4. The molecule has 0 saturated carbocycles. The van der Waals surface area contributed by atoms with Gasteiger partial charge in [-0.3, -0.25) is 0 Å². The number of nitrogens with one attached hydrogen (secondary N) is 1. The minimum absolute atomic E-state index is 0.104. The Morgan fingerprint density at radius 1 is 1.28 bits per heavy atom. The van der Waals surface area contributed by atoms with Crippen molar-refractivity contribution >= 4 is 6.01 Å². The molecule has 1 N–H and O–H groups in total. The van der Waals surface area contributed by atoms with Crippen LogP contribution in [0.1, 0.15) is 26.5 Å². The summed E-state index contributed by atoms with van der Waals surface area (Å²) in [6.45, 7) is 11.3. The molecule has 2 heterocycles. The lowest BCUT2D eigenvalue weighted by atomic mass is 10.1. The maximum absolute atomic E-state index is 5.56. The van der Waals surface area contributed by atoms with Gasteiger partial charge in [0.2, 0.25) is 0 Å². The van der Waals surface area contributed by atoms with E-state index < -0.39 is 0 Å². The summed E-state index contributed by atoms with van der Waals surface area (Å²) in [6.07, 6.45) is 1.76. The molecule has 1 aromatic heterocycles. The fourth-order valence-electron chi connectivity index (χ4n) is 1.88. The maximum Gasteiger partial charge on any atom is 0.297 e. The van der Waals surface area contributed by atoms with E-state index in [0.717, 1.165) is 44.4 Å². The Hall–Kier alpha value is -1.07. The summed E-state index contributed by atoms with van der Waals surface area (Å²) in [7, 11) is 2.14. The second-order valence-corrected chi connectivity index (χ2v) is 6.02. The van der Waals surface area contributed by atoms with E-state index in [0.29, 0.717) is 0 Å². The highest BCUT2D eigenvalue weighted by Gasteiger charge is 2.18. The third kappa shape index (κ3) is 3.71. The lowest BCUT2D eigenvalue weighted by Gasteiger charge is -2.31. The molecule has 0 bridgehead atoms. The van der Waals surface area contributed by atoms with E-state index in [1.807, 2.05) is 0 Å². The molecule has 0 aliphatic carbocycles. The van der Waals surface area contributed by atoms with Crippen molar-refractivity contribution in [3.63, 3.8) is 0 Å². The molecule has 102 valence electrons. The van der Waals surface area contributed by atoms with Crippen LogP contribution < -0.4 is 10.2 Å². The first kappa shape index (κ1) is 13.4. The summed E-state index contributed by atoms with van der Waals surface area (Å²) in [6, 6.07) is 0.758. The van der Waals surface area contributed by atoms with Crippen molar-refractivity contribution in [1.29, 1.82) is 0 Å². The van der Waals surface area contributed by atoms with Gasteiger partial charge in [-0.15, -0.1) is 0 Å². The zero-order valence-electron chi connectivity index (χ0n) is 11.9. The van der Waals surface area contributed by atoms with Crippen LogP contribution in [0.5, 0.6) is 0 Å². The molecule has 0 radical (unpaired) electrons. The van der Waals surface area contributed by atoms with Gasteiger partial charge in [0.25, 0.3) is 6.01 Å². The molecule has 1 aromatic rings. The molecule has 1 aliphatic rings. The van der Waals surface area contributed by atoms with Crippen molar-refractivity contribution in [3.05, 3.63) is 12.0 Å². The predicted molar refractivity (Wildman–Crippen MR) is 72.8 cm³/mol. The number of hydrogen-bond acceptors (Lipinski definition) is 5. The molecule has 0 amide bonds. The van der Waals surface area contributed by atoms with Crippen molar-refractivity contribution < 1.29 is 4.42 Å². The number of hydrogen-bond donors (Lipinski definition) is 1. The summed E-state index contributed by atoms with van der Waals surface area (Å²) in [5, 5.41) is 3.41. The van der Waals surface area contributed by atoms with Gasteiger partial charge >= 0.3 is 0 Å². The van der Waals surface area contributed by atoms with Gasteiger partial charge in [-0.05, 0) is 27.8 Å². The third-order valence-corrected chi connectivity index (χ3v) is 3.11. The monoisotopic (exact) mass is 252 g/mol. The largest absolute Gasteiger partial charge is 0.432 e. The van der Waals surface area contributed by atoms with E-state index in [2.05, 4.69) is 47.9 Å². The Kier molecular flexibility index (Phi) is 3.92. The van der Waals surface area contributed by atoms with E-state index in [-0.39, 0.29) is 5.54 Å². The van der Waals surface area contributed by atoms with Crippen molar-refractivity contribution in [2.45, 2.75) is 32.9 Å². The summed E-state index contributed by atoms with van der Waals surface area (Å²) in [5.74, 6) is 0. The molecule has 1 saturated heterocycles. The summed E-state index contributed by atoms with van der Waals surface area (Å²) < 4.78 is 5.56. The molecule has 0 unspecified atom stereocenters. The van der Waals surface area contributed by atoms with Gasteiger partial charge in [-0.2, -0.15) is 4.98 Å². The SMILES string of the molecule is CN1CCN(c2nc(CNC(C)(C)C)co2)CC1. The van der Waals surface area contributed by atoms with Crippen molar-refractivity contribution in [1.82, 2.24) is 15.2 Å². The predicted octanol–water partition coefficient (Wildman–Crippen LogP) is 1.31. The molecule has 0 atom stereocenters. The van der Waals surface area contributed by atoms with E-state index >= 15 is 0 Å². The van der Waals surface area contributed by atoms with E-state index in [1.54, 1.807) is 6.26 Å². The molecular formula is C13H24N4O. The summed E-state index contributed by atoms with van der Waals surface area (Å²) >= 11 is 0. The van der Waals surface area contributed by atoms with Crippen LogP contribution in [0.25, 0.3) is 0 Å². The van der Waals surface area contributed by atoms with Gasteiger partial charge in [0, 0.05) is 38.3 Å². The molecule has 18 heavy (non-hydrogen) atoms. The van der Waals surface area contributed by atoms with Gasteiger partial charge < -0.3 is 19.5 Å². The fourth-order valence-corrected chi connectivity index (χ4v) is 1.88. The van der Waals surface area contributed by atoms with Crippen molar-refractivity contribution in [2.75, 3.05) is 38.1 Å². The highest BCUT2D eigenvalue weighted by Crippen LogP contribution is 2.15. The number of likely N-dealkylation sites (N-methyl/N-ethyl adjacent to an activating group) is 1. The van der Waals surface area contributed by atoms with Crippen LogP contribution in [-0.2, 0) is 6.54 Å². The Bertz CT molecular complexity index is 375. The topological polar surface area (TPSA) is 44.5 Å². The van der Waals surface area contributed by atoms with Gasteiger partial charge in [0.1, 0.15) is 6.26 Å². The molecule has 5 heteroatoms. The lowest BCUT2D eigenvalue weighted by Crippen LogP contribution is -2.44. The third-order valence-electron chi connectivity index (χ3n) is 3.11. The van der Waals surface area contributed by atoms with Crippen LogP contribution in [0.4, 0.5) is 6.01 Å². The lowest BCUT2D eigenvalue weighted by molar-refractivity contribution is 0.305. The molecule has 0 aromatic carbocycles. The van der Waals surface area contributed by atoms with E-state index in [4.69, 9.17) is 4.42 Å². The fraction of sp³-hybridized carbons (Fsp3) is 0.769. The smallest absolute Gasteiger partial charge is 0.297 e. The van der Waals surface area contributed by atoms with Gasteiger partial charge in [-0.25, -0.2) is 0 Å². The van der Waals surface area contributed by atoms with Crippen molar-refractivity contribution in [3.8, 4) is 0 Å². The van der Waals surface area contributed by atoms with E-state index in [9.17, 15) is 0 Å². The first-order valence-corrected chi connectivity index (χ1v) is 6.57. The van der Waals surface area contributed by atoms with Crippen LogP contribution in [0.3, 0.4) is 0 Å². The van der Waals surface area contributed by atoms with Crippen LogP contribution in [0, 0.1) is 0 Å². The zero-order chi connectivity index (χ0) is 13.2. The van der Waals surface area contributed by atoms with E-state index in [1.165, 1.54) is 0 Å². The van der Waals surface area contributed by atoms with Crippen LogP contribution in [0.15, 0.2) is 10.7 Å². The normalized spacial score (nSPS) is 18.3. The first-order chi connectivity index (χ1) is 8.44. The second kappa shape index (κ2) is 5.28. The minimum atomic E-state index is 0.104. The minimum Gasteiger partial charge on any atom is -0.432 e.